The number of carbonyl (C=O) groups is 1. The SMILES string of the molecule is CC1(C)CC(=O)C2=C(C1)c1c(ccc3ccccc13)N[C@@H]2c1ccc(-c2ccccc2)cc1. The maximum absolute atomic E-state index is 13.6. The number of carbonyl (C=O) groups excluding carboxylic acids is 1. The van der Waals surface area contributed by atoms with Crippen molar-refractivity contribution < 1.29 is 4.79 Å². The van der Waals surface area contributed by atoms with E-state index in [9.17, 15) is 4.79 Å². The minimum absolute atomic E-state index is 0.0385. The Morgan fingerprint density at radius 3 is 2.24 bits per heavy atom. The Bertz CT molecular complexity index is 1410. The van der Waals surface area contributed by atoms with Gasteiger partial charge in [0.15, 0.2) is 5.78 Å². The summed E-state index contributed by atoms with van der Waals surface area (Å²) < 4.78 is 0. The second-order valence-corrected chi connectivity index (χ2v) is 10.1. The lowest BCUT2D eigenvalue weighted by atomic mass is 9.68. The molecule has 162 valence electrons. The molecule has 2 nitrogen and oxygen atoms in total. The second kappa shape index (κ2) is 7.45. The molecule has 0 bridgehead atoms. The van der Waals surface area contributed by atoms with Gasteiger partial charge in [0.2, 0.25) is 0 Å². The van der Waals surface area contributed by atoms with E-state index in [-0.39, 0.29) is 17.2 Å². The van der Waals surface area contributed by atoms with Crippen LogP contribution in [-0.2, 0) is 4.79 Å². The van der Waals surface area contributed by atoms with Crippen LogP contribution in [0.3, 0.4) is 0 Å². The molecule has 0 unspecified atom stereocenters. The van der Waals surface area contributed by atoms with Crippen LogP contribution < -0.4 is 5.32 Å². The molecular formula is C31H27NO. The first-order valence-electron chi connectivity index (χ1n) is 11.7. The van der Waals surface area contributed by atoms with Crippen molar-refractivity contribution in [2.75, 3.05) is 5.32 Å². The molecule has 33 heavy (non-hydrogen) atoms. The molecule has 1 atom stereocenters. The molecular weight excluding hydrogens is 402 g/mol. The molecule has 1 aliphatic heterocycles. The summed E-state index contributed by atoms with van der Waals surface area (Å²) in [7, 11) is 0. The van der Waals surface area contributed by atoms with Gasteiger partial charge in [0, 0.05) is 23.2 Å². The van der Waals surface area contributed by atoms with Gasteiger partial charge in [0.05, 0.1) is 6.04 Å². The van der Waals surface area contributed by atoms with Crippen LogP contribution in [0.2, 0.25) is 0 Å². The van der Waals surface area contributed by atoms with Gasteiger partial charge in [-0.15, -0.1) is 0 Å². The Hall–Kier alpha value is -3.65. The zero-order valence-corrected chi connectivity index (χ0v) is 19.1. The number of nitrogens with one attached hydrogen (secondary N) is 1. The lowest BCUT2D eigenvalue weighted by molar-refractivity contribution is -0.118. The molecule has 0 amide bonds. The third-order valence-electron chi connectivity index (χ3n) is 7.09. The zero-order valence-electron chi connectivity index (χ0n) is 19.1. The van der Waals surface area contributed by atoms with Crippen LogP contribution in [0.1, 0.15) is 43.9 Å². The van der Waals surface area contributed by atoms with Crippen molar-refractivity contribution in [3.05, 3.63) is 108 Å². The van der Waals surface area contributed by atoms with E-state index in [1.165, 1.54) is 33.0 Å². The predicted octanol–water partition coefficient (Wildman–Crippen LogP) is 7.82. The van der Waals surface area contributed by atoms with Crippen LogP contribution in [0.4, 0.5) is 5.69 Å². The van der Waals surface area contributed by atoms with E-state index < -0.39 is 0 Å². The van der Waals surface area contributed by atoms with Crippen LogP contribution in [0, 0.1) is 5.41 Å². The van der Waals surface area contributed by atoms with Crippen molar-refractivity contribution in [1.29, 1.82) is 0 Å². The quantitative estimate of drug-likeness (QED) is 0.352. The summed E-state index contributed by atoms with van der Waals surface area (Å²) >= 11 is 0. The smallest absolute Gasteiger partial charge is 0.162 e. The molecule has 1 heterocycles. The lowest BCUT2D eigenvalue weighted by Crippen LogP contribution is -2.33. The van der Waals surface area contributed by atoms with Crippen LogP contribution >= 0.6 is 0 Å². The highest BCUT2D eigenvalue weighted by molar-refractivity contribution is 6.12. The highest BCUT2D eigenvalue weighted by Gasteiger charge is 2.40. The van der Waals surface area contributed by atoms with Crippen molar-refractivity contribution in [2.45, 2.75) is 32.7 Å². The van der Waals surface area contributed by atoms with Gasteiger partial charge in [0.1, 0.15) is 0 Å². The molecule has 2 aliphatic rings. The summed E-state index contributed by atoms with van der Waals surface area (Å²) in [5.41, 5.74) is 7.98. The first-order valence-corrected chi connectivity index (χ1v) is 11.7. The molecule has 4 aromatic carbocycles. The summed E-state index contributed by atoms with van der Waals surface area (Å²) in [5.74, 6) is 0.268. The van der Waals surface area contributed by atoms with Gasteiger partial charge in [-0.3, -0.25) is 4.79 Å². The monoisotopic (exact) mass is 429 g/mol. The number of benzene rings is 4. The van der Waals surface area contributed by atoms with Gasteiger partial charge in [0.25, 0.3) is 0 Å². The standard InChI is InChI=1S/C31H27NO/c1-31(2)18-25-28-24-11-7-6-10-22(24)16-17-26(28)32-30(29(25)27(33)19-31)23-14-12-21(13-15-23)20-8-4-3-5-9-20/h3-17,30,32H,18-19H2,1-2H3/t30-/m1/s1. The third kappa shape index (κ3) is 3.38. The van der Waals surface area contributed by atoms with Gasteiger partial charge < -0.3 is 5.32 Å². The Labute approximate surface area is 195 Å². The first kappa shape index (κ1) is 20.0. The molecule has 1 N–H and O–H groups in total. The van der Waals surface area contributed by atoms with Crippen LogP contribution in [0.25, 0.3) is 27.5 Å². The molecule has 0 radical (unpaired) electrons. The van der Waals surface area contributed by atoms with E-state index in [4.69, 9.17) is 0 Å². The molecule has 1 aliphatic carbocycles. The van der Waals surface area contributed by atoms with E-state index in [1.54, 1.807) is 0 Å². The van der Waals surface area contributed by atoms with Gasteiger partial charge >= 0.3 is 0 Å². The number of Topliss-reactive ketones (excluding diaryl/α,β-unsaturated/α-hetero) is 1. The minimum atomic E-state index is -0.123. The highest BCUT2D eigenvalue weighted by Crippen LogP contribution is 2.52. The van der Waals surface area contributed by atoms with Crippen molar-refractivity contribution in [3.8, 4) is 11.1 Å². The maximum atomic E-state index is 13.6. The zero-order chi connectivity index (χ0) is 22.6. The van der Waals surface area contributed by atoms with Gasteiger partial charge in [-0.05, 0) is 50.9 Å². The molecule has 4 aromatic rings. The second-order valence-electron chi connectivity index (χ2n) is 10.1. The minimum Gasteiger partial charge on any atom is -0.373 e. The fraction of sp³-hybridized carbons (Fsp3) is 0.194. The third-order valence-corrected chi connectivity index (χ3v) is 7.09. The molecule has 0 fully saturated rings. The Morgan fingerprint density at radius 1 is 0.758 bits per heavy atom. The number of rotatable bonds is 2. The normalized spacial score (nSPS) is 19.1. The number of allylic oxidation sites excluding steroid dienone is 1. The van der Waals surface area contributed by atoms with E-state index in [1.807, 2.05) is 6.07 Å². The summed E-state index contributed by atoms with van der Waals surface area (Å²) in [5, 5.41) is 6.18. The number of hydrogen-bond acceptors (Lipinski definition) is 2. The van der Waals surface area contributed by atoms with Gasteiger partial charge in [-0.1, -0.05) is 98.8 Å². The van der Waals surface area contributed by atoms with Crippen molar-refractivity contribution in [2.24, 2.45) is 5.41 Å². The Kier molecular flexibility index (Phi) is 4.51. The average molecular weight is 430 g/mol. The molecule has 0 saturated heterocycles. The van der Waals surface area contributed by atoms with E-state index in [2.05, 4.69) is 104 Å². The Balaban J connectivity index is 1.51. The largest absolute Gasteiger partial charge is 0.373 e. The fourth-order valence-electron chi connectivity index (χ4n) is 5.59. The van der Waals surface area contributed by atoms with Crippen LogP contribution in [0.15, 0.2) is 96.6 Å². The average Bonchev–Trinajstić information content (AvgIpc) is 2.83. The van der Waals surface area contributed by atoms with Gasteiger partial charge in [-0.2, -0.15) is 0 Å². The van der Waals surface area contributed by atoms with Crippen LogP contribution in [-0.4, -0.2) is 5.78 Å². The number of ketones is 1. The summed E-state index contributed by atoms with van der Waals surface area (Å²) in [6, 6.07) is 31.8. The topological polar surface area (TPSA) is 29.1 Å². The molecule has 0 spiro atoms. The first-order chi connectivity index (χ1) is 16.0. The summed E-state index contributed by atoms with van der Waals surface area (Å²) in [4.78, 5) is 13.6. The molecule has 0 saturated carbocycles. The van der Waals surface area contributed by atoms with E-state index >= 15 is 0 Å². The lowest BCUT2D eigenvalue weighted by Gasteiger charge is -2.40. The van der Waals surface area contributed by atoms with E-state index in [0.29, 0.717) is 6.42 Å². The fourth-order valence-corrected chi connectivity index (χ4v) is 5.59. The number of fused-ring (bicyclic) bond motifs is 4. The number of anilines is 1. The van der Waals surface area contributed by atoms with Crippen molar-refractivity contribution in [1.82, 2.24) is 0 Å². The van der Waals surface area contributed by atoms with Crippen molar-refractivity contribution >= 4 is 27.8 Å². The van der Waals surface area contributed by atoms with Crippen LogP contribution in [0.5, 0.6) is 0 Å². The van der Waals surface area contributed by atoms with E-state index in [0.717, 1.165) is 23.2 Å². The maximum Gasteiger partial charge on any atom is 0.162 e. The molecule has 2 heteroatoms. The summed E-state index contributed by atoms with van der Waals surface area (Å²) in [6.07, 6.45) is 1.50. The molecule has 6 rings (SSSR count). The van der Waals surface area contributed by atoms with Crippen molar-refractivity contribution in [3.63, 3.8) is 0 Å². The Morgan fingerprint density at radius 2 is 1.45 bits per heavy atom. The summed E-state index contributed by atoms with van der Waals surface area (Å²) in [6.45, 7) is 4.43. The number of hydrogen-bond donors (Lipinski definition) is 1. The van der Waals surface area contributed by atoms with Gasteiger partial charge in [-0.25, -0.2) is 0 Å². The predicted molar refractivity (Wildman–Crippen MR) is 137 cm³/mol. The molecule has 0 aromatic heterocycles. The highest BCUT2D eigenvalue weighted by atomic mass is 16.1.